The van der Waals surface area contributed by atoms with Gasteiger partial charge >= 0.3 is 5.97 Å². The van der Waals surface area contributed by atoms with Gasteiger partial charge in [0.05, 0.1) is 13.7 Å². The number of carbonyl (C=O) groups is 1. The van der Waals surface area contributed by atoms with Gasteiger partial charge in [-0.15, -0.1) is 0 Å². The van der Waals surface area contributed by atoms with Gasteiger partial charge in [0.2, 0.25) is 0 Å². The Morgan fingerprint density at radius 2 is 2.20 bits per heavy atom. The Bertz CT molecular complexity index is 284. The number of likely N-dealkylation sites (tertiary alicyclic amines) is 1. The van der Waals surface area contributed by atoms with E-state index in [-0.39, 0.29) is 12.6 Å². The molecule has 2 unspecified atom stereocenters. The average Bonchev–Trinajstić information content (AvgIpc) is 2.38. The third-order valence-corrected chi connectivity index (χ3v) is 3.89. The van der Waals surface area contributed by atoms with Crippen molar-refractivity contribution in [2.24, 2.45) is 11.8 Å². The number of esters is 1. The smallest absolute Gasteiger partial charge is 0.319 e. The summed E-state index contributed by atoms with van der Waals surface area (Å²) in [6, 6.07) is 0.406. The number of carbonyl (C=O) groups excluding carboxylic acids is 1. The van der Waals surface area contributed by atoms with Crippen LogP contribution in [0.3, 0.4) is 0 Å². The van der Waals surface area contributed by atoms with Crippen LogP contribution in [0.2, 0.25) is 0 Å². The van der Waals surface area contributed by atoms with Crippen molar-refractivity contribution >= 4 is 5.97 Å². The molecule has 1 fully saturated rings. The van der Waals surface area contributed by atoms with Crippen LogP contribution in [0.1, 0.15) is 33.1 Å². The van der Waals surface area contributed by atoms with Crippen molar-refractivity contribution < 1.29 is 14.6 Å². The lowest BCUT2D eigenvalue weighted by Crippen LogP contribution is -2.51. The first-order valence-corrected chi connectivity index (χ1v) is 7.68. The van der Waals surface area contributed by atoms with Gasteiger partial charge in [-0.25, -0.2) is 0 Å². The van der Waals surface area contributed by atoms with Gasteiger partial charge in [-0.1, -0.05) is 13.8 Å². The summed E-state index contributed by atoms with van der Waals surface area (Å²) in [4.78, 5) is 13.6. The number of nitrogens with zero attached hydrogens (tertiary/aromatic N) is 1. The maximum atomic E-state index is 11.4. The number of aliphatic hydroxyl groups excluding tert-OH is 1. The molecule has 0 spiro atoms. The Hall–Kier alpha value is -0.650. The SMILES string of the molecule is COC(=O)CN1CC(CCO)CC(NCCC(C)C)C1. The molecule has 2 N–H and O–H groups in total. The quantitative estimate of drug-likeness (QED) is 0.648. The molecule has 0 aromatic carbocycles. The van der Waals surface area contributed by atoms with Gasteiger partial charge in [0, 0.05) is 25.7 Å². The molecule has 20 heavy (non-hydrogen) atoms. The van der Waals surface area contributed by atoms with E-state index in [1.807, 2.05) is 0 Å². The molecule has 0 saturated carbocycles. The molecule has 0 bridgehead atoms. The van der Waals surface area contributed by atoms with Crippen molar-refractivity contribution in [3.8, 4) is 0 Å². The molecule has 0 amide bonds. The number of hydrogen-bond donors (Lipinski definition) is 2. The van der Waals surface area contributed by atoms with E-state index in [1.165, 1.54) is 7.11 Å². The molecule has 1 saturated heterocycles. The van der Waals surface area contributed by atoms with E-state index >= 15 is 0 Å². The Morgan fingerprint density at radius 3 is 2.80 bits per heavy atom. The fraction of sp³-hybridized carbons (Fsp3) is 0.933. The molecular weight excluding hydrogens is 256 g/mol. The number of rotatable bonds is 8. The van der Waals surface area contributed by atoms with Crippen molar-refractivity contribution in [1.29, 1.82) is 0 Å². The summed E-state index contributed by atoms with van der Waals surface area (Å²) in [6.45, 7) is 7.78. The Labute approximate surface area is 122 Å². The van der Waals surface area contributed by atoms with Crippen LogP contribution in [-0.4, -0.2) is 61.9 Å². The van der Waals surface area contributed by atoms with Crippen LogP contribution in [0, 0.1) is 11.8 Å². The molecule has 1 aliphatic heterocycles. The van der Waals surface area contributed by atoms with Crippen molar-refractivity contribution in [2.75, 3.05) is 39.9 Å². The highest BCUT2D eigenvalue weighted by Gasteiger charge is 2.27. The lowest BCUT2D eigenvalue weighted by molar-refractivity contribution is -0.142. The normalized spacial score (nSPS) is 24.1. The number of nitrogens with one attached hydrogen (secondary N) is 1. The predicted octanol–water partition coefficient (Wildman–Crippen LogP) is 0.868. The van der Waals surface area contributed by atoms with Crippen LogP contribution in [0.25, 0.3) is 0 Å². The molecule has 118 valence electrons. The highest BCUT2D eigenvalue weighted by molar-refractivity contribution is 5.71. The average molecular weight is 286 g/mol. The van der Waals surface area contributed by atoms with Crippen molar-refractivity contribution in [3.05, 3.63) is 0 Å². The summed E-state index contributed by atoms with van der Waals surface area (Å²) >= 11 is 0. The number of methoxy groups -OCH3 is 1. The molecule has 5 heteroatoms. The van der Waals surface area contributed by atoms with Crippen molar-refractivity contribution in [1.82, 2.24) is 10.2 Å². The molecule has 5 nitrogen and oxygen atoms in total. The van der Waals surface area contributed by atoms with Gasteiger partial charge in [-0.2, -0.15) is 0 Å². The lowest BCUT2D eigenvalue weighted by atomic mass is 9.91. The summed E-state index contributed by atoms with van der Waals surface area (Å²) in [7, 11) is 1.43. The topological polar surface area (TPSA) is 61.8 Å². The number of ether oxygens (including phenoxy) is 1. The highest BCUT2D eigenvalue weighted by atomic mass is 16.5. The van der Waals surface area contributed by atoms with Crippen LogP contribution in [0.15, 0.2) is 0 Å². The van der Waals surface area contributed by atoms with E-state index in [0.29, 0.717) is 24.4 Å². The third-order valence-electron chi connectivity index (χ3n) is 3.89. The first kappa shape index (κ1) is 17.4. The first-order chi connectivity index (χ1) is 9.55. The van der Waals surface area contributed by atoms with E-state index in [9.17, 15) is 4.79 Å². The fourth-order valence-corrected chi connectivity index (χ4v) is 2.79. The van der Waals surface area contributed by atoms with Gasteiger partial charge in [-0.05, 0) is 37.6 Å². The Morgan fingerprint density at radius 1 is 1.45 bits per heavy atom. The first-order valence-electron chi connectivity index (χ1n) is 7.68. The van der Waals surface area contributed by atoms with Crippen LogP contribution >= 0.6 is 0 Å². The summed E-state index contributed by atoms with van der Waals surface area (Å²) in [5.74, 6) is 0.969. The second kappa shape index (κ2) is 9.32. The van der Waals surface area contributed by atoms with Gasteiger partial charge in [0.1, 0.15) is 0 Å². The van der Waals surface area contributed by atoms with E-state index in [1.54, 1.807) is 0 Å². The molecule has 0 radical (unpaired) electrons. The van der Waals surface area contributed by atoms with Gasteiger partial charge in [0.15, 0.2) is 0 Å². The number of hydrogen-bond acceptors (Lipinski definition) is 5. The minimum absolute atomic E-state index is 0.185. The summed E-state index contributed by atoms with van der Waals surface area (Å²) in [6.07, 6.45) is 3.05. The Balaban J connectivity index is 2.45. The summed E-state index contributed by atoms with van der Waals surface area (Å²) < 4.78 is 4.75. The number of aliphatic hydroxyl groups is 1. The molecule has 2 atom stereocenters. The zero-order valence-electron chi connectivity index (χ0n) is 13.1. The van der Waals surface area contributed by atoms with E-state index in [2.05, 4.69) is 24.1 Å². The van der Waals surface area contributed by atoms with Gasteiger partial charge in [-0.3, -0.25) is 9.69 Å². The fourth-order valence-electron chi connectivity index (χ4n) is 2.79. The van der Waals surface area contributed by atoms with Crippen LogP contribution in [-0.2, 0) is 9.53 Å². The second-order valence-corrected chi connectivity index (χ2v) is 6.22. The maximum Gasteiger partial charge on any atom is 0.319 e. The van der Waals surface area contributed by atoms with Crippen LogP contribution in [0.5, 0.6) is 0 Å². The standard InChI is InChI=1S/C15H30N2O3/c1-12(2)4-6-16-14-8-13(5-7-18)9-17(10-14)11-15(19)20-3/h12-14,16,18H,4-11H2,1-3H3. The minimum Gasteiger partial charge on any atom is -0.468 e. The molecular formula is C15H30N2O3. The zero-order valence-corrected chi connectivity index (χ0v) is 13.1. The summed E-state index contributed by atoms with van der Waals surface area (Å²) in [5, 5.41) is 12.7. The molecule has 0 aromatic heterocycles. The van der Waals surface area contributed by atoms with E-state index in [0.717, 1.165) is 38.9 Å². The Kier molecular flexibility index (Phi) is 8.11. The molecule has 1 heterocycles. The van der Waals surface area contributed by atoms with Crippen molar-refractivity contribution in [2.45, 2.75) is 39.2 Å². The minimum atomic E-state index is -0.185. The van der Waals surface area contributed by atoms with Crippen LogP contribution in [0.4, 0.5) is 0 Å². The monoisotopic (exact) mass is 286 g/mol. The largest absolute Gasteiger partial charge is 0.468 e. The highest BCUT2D eigenvalue weighted by Crippen LogP contribution is 2.20. The van der Waals surface area contributed by atoms with Crippen molar-refractivity contribution in [3.63, 3.8) is 0 Å². The van der Waals surface area contributed by atoms with Gasteiger partial charge in [0.25, 0.3) is 0 Å². The van der Waals surface area contributed by atoms with E-state index < -0.39 is 0 Å². The maximum absolute atomic E-state index is 11.4. The van der Waals surface area contributed by atoms with Crippen LogP contribution < -0.4 is 5.32 Å². The molecule has 0 aliphatic carbocycles. The molecule has 1 aliphatic rings. The zero-order chi connectivity index (χ0) is 15.0. The summed E-state index contributed by atoms with van der Waals surface area (Å²) in [5.41, 5.74) is 0. The van der Waals surface area contributed by atoms with Gasteiger partial charge < -0.3 is 15.2 Å². The molecule has 0 aromatic rings. The molecule has 1 rings (SSSR count). The third kappa shape index (κ3) is 6.68. The second-order valence-electron chi connectivity index (χ2n) is 6.22. The number of piperidine rings is 1. The van der Waals surface area contributed by atoms with E-state index in [4.69, 9.17) is 9.84 Å². The predicted molar refractivity (Wildman–Crippen MR) is 79.5 cm³/mol. The lowest BCUT2D eigenvalue weighted by Gasteiger charge is -2.37.